The van der Waals surface area contributed by atoms with E-state index in [9.17, 15) is 0 Å². The monoisotopic (exact) mass is 242 g/mol. The fourth-order valence-corrected chi connectivity index (χ4v) is 1.50. The number of hydrogen-bond donors (Lipinski definition) is 2. The van der Waals surface area contributed by atoms with Gasteiger partial charge in [-0.1, -0.05) is 0 Å². The Kier molecular flexibility index (Phi) is 2.35. The van der Waals surface area contributed by atoms with Crippen LogP contribution in [0.3, 0.4) is 0 Å². The van der Waals surface area contributed by atoms with Gasteiger partial charge in [-0.25, -0.2) is 4.98 Å². The van der Waals surface area contributed by atoms with Gasteiger partial charge in [0, 0.05) is 12.6 Å². The molecule has 0 aliphatic heterocycles. The Morgan fingerprint density at radius 3 is 2.92 bits per heavy atom. The Morgan fingerprint density at radius 1 is 1.54 bits per heavy atom. The summed E-state index contributed by atoms with van der Waals surface area (Å²) in [7, 11) is 0. The van der Waals surface area contributed by atoms with Gasteiger partial charge in [0.05, 0.1) is 0 Å². The van der Waals surface area contributed by atoms with Crippen LogP contribution in [0.15, 0.2) is 10.7 Å². The van der Waals surface area contributed by atoms with E-state index in [1.165, 1.54) is 12.8 Å². The molecule has 2 rings (SSSR count). The lowest BCUT2D eigenvalue weighted by Crippen LogP contribution is -2.07. The average Bonchev–Trinajstić information content (AvgIpc) is 2.81. The maximum absolute atomic E-state index is 5.49. The number of nitrogens with two attached hydrogens (primary N) is 1. The third kappa shape index (κ3) is 2.55. The smallest absolute Gasteiger partial charge is 0.223 e. The zero-order valence-electron chi connectivity index (χ0n) is 7.13. The van der Waals surface area contributed by atoms with Gasteiger partial charge in [0.25, 0.3) is 0 Å². The largest absolute Gasteiger partial charge is 0.370 e. The number of aromatic nitrogens is 2. The van der Waals surface area contributed by atoms with Crippen molar-refractivity contribution in [1.82, 2.24) is 9.97 Å². The first kappa shape index (κ1) is 8.74. The summed E-state index contributed by atoms with van der Waals surface area (Å²) in [5.41, 5.74) is 5.49. The van der Waals surface area contributed by atoms with Crippen LogP contribution in [-0.4, -0.2) is 16.5 Å². The van der Waals surface area contributed by atoms with Crippen LogP contribution >= 0.6 is 15.9 Å². The Morgan fingerprint density at radius 2 is 2.31 bits per heavy atom. The van der Waals surface area contributed by atoms with E-state index in [1.807, 2.05) is 6.07 Å². The van der Waals surface area contributed by atoms with E-state index >= 15 is 0 Å². The quantitative estimate of drug-likeness (QED) is 0.792. The maximum Gasteiger partial charge on any atom is 0.223 e. The predicted molar refractivity (Wildman–Crippen MR) is 55.4 cm³/mol. The number of hydrogen-bond acceptors (Lipinski definition) is 4. The first-order valence-electron chi connectivity index (χ1n) is 4.28. The molecule has 0 radical (unpaired) electrons. The van der Waals surface area contributed by atoms with E-state index < -0.39 is 0 Å². The van der Waals surface area contributed by atoms with Gasteiger partial charge in [-0.2, -0.15) is 4.98 Å². The first-order valence-corrected chi connectivity index (χ1v) is 5.07. The molecule has 1 saturated carbocycles. The van der Waals surface area contributed by atoms with Crippen LogP contribution in [0.5, 0.6) is 0 Å². The zero-order valence-corrected chi connectivity index (χ0v) is 8.71. The van der Waals surface area contributed by atoms with Gasteiger partial charge < -0.3 is 11.1 Å². The molecule has 0 amide bonds. The fraction of sp³-hybridized carbons (Fsp3) is 0.500. The van der Waals surface area contributed by atoms with E-state index in [2.05, 4.69) is 31.2 Å². The normalized spacial score (nSPS) is 15.8. The summed E-state index contributed by atoms with van der Waals surface area (Å²) >= 11 is 3.26. The molecule has 0 bridgehead atoms. The van der Waals surface area contributed by atoms with Crippen molar-refractivity contribution >= 4 is 27.7 Å². The Hall–Kier alpha value is -0.840. The average molecular weight is 243 g/mol. The number of halogens is 1. The molecule has 4 nitrogen and oxygen atoms in total. The second-order valence-corrected chi connectivity index (χ2v) is 4.07. The van der Waals surface area contributed by atoms with Crippen LogP contribution < -0.4 is 11.1 Å². The highest BCUT2D eigenvalue weighted by atomic mass is 79.9. The number of anilines is 2. The molecule has 1 aliphatic rings. The molecule has 1 heterocycles. The number of nitrogen functional groups attached to an aromatic ring is 1. The third-order valence-electron chi connectivity index (χ3n) is 1.98. The van der Waals surface area contributed by atoms with Crippen LogP contribution in [-0.2, 0) is 0 Å². The second kappa shape index (κ2) is 3.49. The lowest BCUT2D eigenvalue weighted by molar-refractivity contribution is 0.881. The molecular weight excluding hydrogens is 232 g/mol. The van der Waals surface area contributed by atoms with Gasteiger partial charge >= 0.3 is 0 Å². The maximum atomic E-state index is 5.49. The van der Waals surface area contributed by atoms with Gasteiger partial charge in [-0.05, 0) is 34.7 Å². The highest BCUT2D eigenvalue weighted by Gasteiger charge is 2.20. The Balaban J connectivity index is 2.01. The van der Waals surface area contributed by atoms with Gasteiger partial charge in [-0.3, -0.25) is 0 Å². The summed E-state index contributed by atoms with van der Waals surface area (Å²) < 4.78 is 0.721. The Labute approximate surface area is 85.1 Å². The van der Waals surface area contributed by atoms with Gasteiger partial charge in [0.15, 0.2) is 0 Å². The number of rotatable bonds is 3. The third-order valence-corrected chi connectivity index (χ3v) is 2.39. The van der Waals surface area contributed by atoms with Crippen LogP contribution in [0.2, 0.25) is 0 Å². The van der Waals surface area contributed by atoms with E-state index in [0.717, 1.165) is 22.9 Å². The zero-order chi connectivity index (χ0) is 9.26. The van der Waals surface area contributed by atoms with Crippen molar-refractivity contribution in [2.24, 2.45) is 5.92 Å². The summed E-state index contributed by atoms with van der Waals surface area (Å²) in [6, 6.07) is 1.83. The SMILES string of the molecule is Nc1nc(Br)cc(NCC2CC2)n1. The lowest BCUT2D eigenvalue weighted by atomic mass is 10.4. The van der Waals surface area contributed by atoms with Crippen molar-refractivity contribution in [3.05, 3.63) is 10.7 Å². The summed E-state index contributed by atoms with van der Waals surface area (Å²) in [6.45, 7) is 0.989. The molecule has 1 aromatic heterocycles. The van der Waals surface area contributed by atoms with Crippen LogP contribution in [0.1, 0.15) is 12.8 Å². The van der Waals surface area contributed by atoms with E-state index in [-0.39, 0.29) is 0 Å². The van der Waals surface area contributed by atoms with Gasteiger partial charge in [0.1, 0.15) is 10.4 Å². The minimum Gasteiger partial charge on any atom is -0.370 e. The molecular formula is C8H11BrN4. The van der Waals surface area contributed by atoms with Crippen molar-refractivity contribution < 1.29 is 0 Å². The van der Waals surface area contributed by atoms with E-state index in [4.69, 9.17) is 5.73 Å². The summed E-state index contributed by atoms with van der Waals surface area (Å²) in [5.74, 6) is 1.92. The number of nitrogens with zero attached hydrogens (tertiary/aromatic N) is 2. The standard InChI is InChI=1S/C8H11BrN4/c9-6-3-7(13-8(10)12-6)11-4-5-1-2-5/h3,5H,1-2,4H2,(H3,10,11,12,13). The first-order chi connectivity index (χ1) is 6.24. The molecule has 0 aromatic carbocycles. The molecule has 1 aliphatic carbocycles. The van der Waals surface area contributed by atoms with Crippen molar-refractivity contribution in [3.8, 4) is 0 Å². The van der Waals surface area contributed by atoms with Crippen molar-refractivity contribution in [2.75, 3.05) is 17.6 Å². The van der Waals surface area contributed by atoms with Crippen LogP contribution in [0.4, 0.5) is 11.8 Å². The molecule has 3 N–H and O–H groups in total. The molecule has 70 valence electrons. The summed E-state index contributed by atoms with van der Waals surface area (Å²) in [6.07, 6.45) is 2.66. The lowest BCUT2D eigenvalue weighted by Gasteiger charge is -2.04. The van der Waals surface area contributed by atoms with Gasteiger partial charge in [0.2, 0.25) is 5.95 Å². The minimum atomic E-state index is 0.299. The fourth-order valence-electron chi connectivity index (χ4n) is 1.10. The molecule has 0 saturated heterocycles. The molecule has 0 spiro atoms. The predicted octanol–water partition coefficient (Wildman–Crippen LogP) is 1.64. The van der Waals surface area contributed by atoms with Crippen molar-refractivity contribution in [1.29, 1.82) is 0 Å². The summed E-state index contributed by atoms with van der Waals surface area (Å²) in [4.78, 5) is 7.98. The van der Waals surface area contributed by atoms with Crippen LogP contribution in [0, 0.1) is 5.92 Å². The minimum absolute atomic E-state index is 0.299. The second-order valence-electron chi connectivity index (χ2n) is 3.26. The highest BCUT2D eigenvalue weighted by Crippen LogP contribution is 2.28. The van der Waals surface area contributed by atoms with Crippen LogP contribution in [0.25, 0.3) is 0 Å². The van der Waals surface area contributed by atoms with Crippen molar-refractivity contribution in [2.45, 2.75) is 12.8 Å². The molecule has 1 fully saturated rings. The van der Waals surface area contributed by atoms with Gasteiger partial charge in [-0.15, -0.1) is 0 Å². The summed E-state index contributed by atoms with van der Waals surface area (Å²) in [5, 5.41) is 3.23. The molecule has 1 aromatic rings. The molecule has 13 heavy (non-hydrogen) atoms. The van der Waals surface area contributed by atoms with E-state index in [1.54, 1.807) is 0 Å². The molecule has 5 heteroatoms. The van der Waals surface area contributed by atoms with Crippen molar-refractivity contribution in [3.63, 3.8) is 0 Å². The molecule has 0 unspecified atom stereocenters. The number of nitrogens with one attached hydrogen (secondary N) is 1. The highest BCUT2D eigenvalue weighted by molar-refractivity contribution is 9.10. The van der Waals surface area contributed by atoms with E-state index in [0.29, 0.717) is 5.95 Å². The molecule has 0 atom stereocenters. The topological polar surface area (TPSA) is 63.8 Å². The Bertz CT molecular complexity index is 291.